The highest BCUT2D eigenvalue weighted by molar-refractivity contribution is 8.00. The van der Waals surface area contributed by atoms with Crippen molar-refractivity contribution in [3.63, 3.8) is 0 Å². The number of nitriles is 1. The van der Waals surface area contributed by atoms with Crippen LogP contribution in [0.4, 0.5) is 14.5 Å². The van der Waals surface area contributed by atoms with E-state index < -0.39 is 11.6 Å². The van der Waals surface area contributed by atoms with Crippen LogP contribution < -0.4 is 5.32 Å². The van der Waals surface area contributed by atoms with Gasteiger partial charge in [0.1, 0.15) is 6.07 Å². The van der Waals surface area contributed by atoms with Gasteiger partial charge in [0.25, 0.3) is 0 Å². The van der Waals surface area contributed by atoms with Crippen LogP contribution in [-0.2, 0) is 0 Å². The Kier molecular flexibility index (Phi) is 4.87. The number of hydrogen-bond acceptors (Lipinski definition) is 3. The fourth-order valence-electron chi connectivity index (χ4n) is 2.68. The fraction of sp³-hybridized carbons (Fsp3) is 0.533. The Bertz CT molecular complexity index is 519. The van der Waals surface area contributed by atoms with E-state index in [1.807, 2.05) is 0 Å². The summed E-state index contributed by atoms with van der Waals surface area (Å²) in [7, 11) is 0. The summed E-state index contributed by atoms with van der Waals surface area (Å²) in [5, 5.41) is 11.7. The molecule has 0 aliphatic heterocycles. The average molecular weight is 296 g/mol. The summed E-state index contributed by atoms with van der Waals surface area (Å²) in [6.45, 7) is 0.621. The van der Waals surface area contributed by atoms with E-state index in [4.69, 9.17) is 5.26 Å². The lowest BCUT2D eigenvalue weighted by Gasteiger charge is -2.36. The van der Waals surface area contributed by atoms with E-state index in [1.165, 1.54) is 31.4 Å². The first-order valence-corrected chi connectivity index (χ1v) is 8.01. The van der Waals surface area contributed by atoms with Gasteiger partial charge >= 0.3 is 0 Å². The first kappa shape index (κ1) is 15.1. The number of nitrogens with one attached hydrogen (secondary N) is 1. The zero-order valence-corrected chi connectivity index (χ0v) is 12.3. The maximum atomic E-state index is 13.8. The molecule has 5 heteroatoms. The zero-order chi connectivity index (χ0) is 14.6. The molecule has 0 bridgehead atoms. The molecule has 1 aliphatic rings. The summed E-state index contributed by atoms with van der Waals surface area (Å²) in [6, 6.07) is 4.39. The van der Waals surface area contributed by atoms with Gasteiger partial charge in [0.15, 0.2) is 11.6 Å². The van der Waals surface area contributed by atoms with Crippen LogP contribution >= 0.6 is 11.8 Å². The molecule has 2 rings (SSSR count). The lowest BCUT2D eigenvalue weighted by Crippen LogP contribution is -2.35. The highest BCUT2D eigenvalue weighted by Crippen LogP contribution is 2.38. The molecule has 0 radical (unpaired) electrons. The average Bonchev–Trinajstić information content (AvgIpc) is 2.50. The lowest BCUT2D eigenvalue weighted by atomic mass is 9.88. The van der Waals surface area contributed by atoms with Gasteiger partial charge in [0.2, 0.25) is 0 Å². The van der Waals surface area contributed by atoms with E-state index in [0.717, 1.165) is 12.8 Å². The third-order valence-electron chi connectivity index (χ3n) is 4.00. The van der Waals surface area contributed by atoms with Gasteiger partial charge < -0.3 is 5.32 Å². The van der Waals surface area contributed by atoms with E-state index in [-0.39, 0.29) is 16.0 Å². The van der Waals surface area contributed by atoms with Crippen molar-refractivity contribution in [1.82, 2.24) is 0 Å². The van der Waals surface area contributed by atoms with Gasteiger partial charge in [-0.2, -0.15) is 17.0 Å². The molecule has 1 saturated carbocycles. The number of nitrogens with zero attached hydrogens (tertiary/aromatic N) is 1. The molecule has 0 spiro atoms. The van der Waals surface area contributed by atoms with Crippen molar-refractivity contribution in [3.8, 4) is 6.07 Å². The maximum absolute atomic E-state index is 13.8. The first-order valence-electron chi connectivity index (χ1n) is 6.79. The number of rotatable bonds is 4. The SMILES string of the molecule is CSC1(CNc2ccc(C#N)c(F)c2F)CCCCC1. The van der Waals surface area contributed by atoms with Crippen LogP contribution in [0.3, 0.4) is 0 Å². The molecule has 0 saturated heterocycles. The van der Waals surface area contributed by atoms with E-state index in [1.54, 1.807) is 17.8 Å². The topological polar surface area (TPSA) is 35.8 Å². The highest BCUT2D eigenvalue weighted by atomic mass is 32.2. The Morgan fingerprint density at radius 2 is 1.95 bits per heavy atom. The molecule has 1 fully saturated rings. The summed E-state index contributed by atoms with van der Waals surface area (Å²) in [4.78, 5) is 0. The normalized spacial score (nSPS) is 17.5. The molecule has 1 aromatic rings. The Labute approximate surface area is 122 Å². The number of benzene rings is 1. The summed E-state index contributed by atoms with van der Waals surface area (Å²) in [6.07, 6.45) is 7.90. The second-order valence-corrected chi connectivity index (χ2v) is 6.48. The minimum Gasteiger partial charge on any atom is -0.381 e. The molecular weight excluding hydrogens is 278 g/mol. The molecular formula is C15H18F2N2S. The van der Waals surface area contributed by atoms with Crippen molar-refractivity contribution in [2.75, 3.05) is 18.1 Å². The maximum Gasteiger partial charge on any atom is 0.183 e. The number of halogens is 2. The van der Waals surface area contributed by atoms with Crippen LogP contribution in [0.5, 0.6) is 0 Å². The molecule has 0 unspecified atom stereocenters. The van der Waals surface area contributed by atoms with Crippen LogP contribution in [0.1, 0.15) is 37.7 Å². The predicted molar refractivity (Wildman–Crippen MR) is 78.9 cm³/mol. The summed E-state index contributed by atoms with van der Waals surface area (Å²) in [5.41, 5.74) is -0.120. The van der Waals surface area contributed by atoms with E-state index in [2.05, 4.69) is 11.6 Å². The quantitative estimate of drug-likeness (QED) is 0.899. The van der Waals surface area contributed by atoms with Crippen molar-refractivity contribution < 1.29 is 8.78 Å². The zero-order valence-electron chi connectivity index (χ0n) is 11.5. The summed E-state index contributed by atoms with van der Waals surface area (Å²) >= 11 is 1.80. The minimum atomic E-state index is -1.07. The predicted octanol–water partition coefficient (Wildman–Crippen LogP) is 4.31. The van der Waals surface area contributed by atoms with Crippen LogP contribution in [0, 0.1) is 23.0 Å². The second kappa shape index (κ2) is 6.45. The molecule has 2 nitrogen and oxygen atoms in total. The van der Waals surface area contributed by atoms with Crippen molar-refractivity contribution >= 4 is 17.4 Å². The Morgan fingerprint density at radius 3 is 2.55 bits per heavy atom. The largest absolute Gasteiger partial charge is 0.381 e. The van der Waals surface area contributed by atoms with E-state index in [0.29, 0.717) is 6.54 Å². The van der Waals surface area contributed by atoms with Crippen molar-refractivity contribution in [1.29, 1.82) is 5.26 Å². The molecule has 0 aromatic heterocycles. The van der Waals surface area contributed by atoms with Crippen LogP contribution in [0.25, 0.3) is 0 Å². The number of thioether (sulfide) groups is 1. The Balaban J connectivity index is 2.11. The standard InChI is InChI=1S/C15H18F2N2S/c1-20-15(7-3-2-4-8-15)10-19-12-6-5-11(9-18)13(16)14(12)17/h5-6,19H,2-4,7-8,10H2,1H3. The number of hydrogen-bond donors (Lipinski definition) is 1. The first-order chi connectivity index (χ1) is 9.62. The summed E-state index contributed by atoms with van der Waals surface area (Å²) in [5.74, 6) is -2.03. The molecule has 20 heavy (non-hydrogen) atoms. The Hall–Kier alpha value is -1.28. The van der Waals surface area contributed by atoms with Crippen LogP contribution in [0.2, 0.25) is 0 Å². The van der Waals surface area contributed by atoms with E-state index >= 15 is 0 Å². The van der Waals surface area contributed by atoms with Gasteiger partial charge in [-0.05, 0) is 31.2 Å². The van der Waals surface area contributed by atoms with Crippen molar-refractivity contribution in [2.45, 2.75) is 36.9 Å². The van der Waals surface area contributed by atoms with Gasteiger partial charge in [0.05, 0.1) is 11.3 Å². The van der Waals surface area contributed by atoms with Gasteiger partial charge in [-0.1, -0.05) is 19.3 Å². The van der Waals surface area contributed by atoms with E-state index in [9.17, 15) is 8.78 Å². The lowest BCUT2D eigenvalue weighted by molar-refractivity contribution is 0.410. The molecule has 0 atom stereocenters. The monoisotopic (exact) mass is 296 g/mol. The number of anilines is 1. The van der Waals surface area contributed by atoms with Crippen molar-refractivity contribution in [3.05, 3.63) is 29.3 Å². The van der Waals surface area contributed by atoms with Gasteiger partial charge in [-0.15, -0.1) is 0 Å². The van der Waals surface area contributed by atoms with Gasteiger partial charge in [-0.3, -0.25) is 0 Å². The fourth-order valence-corrected chi connectivity index (χ4v) is 3.59. The van der Waals surface area contributed by atoms with Gasteiger partial charge in [-0.25, -0.2) is 8.78 Å². The molecule has 1 aliphatic carbocycles. The Morgan fingerprint density at radius 1 is 1.25 bits per heavy atom. The third kappa shape index (κ3) is 3.06. The molecule has 1 aromatic carbocycles. The highest BCUT2D eigenvalue weighted by Gasteiger charge is 2.31. The van der Waals surface area contributed by atoms with Crippen molar-refractivity contribution in [2.24, 2.45) is 0 Å². The molecule has 108 valence electrons. The summed E-state index contributed by atoms with van der Waals surface area (Å²) < 4.78 is 27.5. The molecule has 0 amide bonds. The second-order valence-electron chi connectivity index (χ2n) is 5.20. The minimum absolute atomic E-state index is 0.106. The third-order valence-corrected chi connectivity index (χ3v) is 5.42. The van der Waals surface area contributed by atoms with Crippen LogP contribution in [-0.4, -0.2) is 17.5 Å². The molecule has 0 heterocycles. The smallest absolute Gasteiger partial charge is 0.183 e. The van der Waals surface area contributed by atoms with Gasteiger partial charge in [0, 0.05) is 11.3 Å². The molecule has 1 N–H and O–H groups in total. The van der Waals surface area contributed by atoms with Crippen LogP contribution in [0.15, 0.2) is 12.1 Å².